The summed E-state index contributed by atoms with van der Waals surface area (Å²) in [4.78, 5) is 0.677. The van der Waals surface area contributed by atoms with Crippen molar-refractivity contribution in [2.24, 2.45) is 5.92 Å². The van der Waals surface area contributed by atoms with Crippen LogP contribution in [0.4, 0.5) is 0 Å². The van der Waals surface area contributed by atoms with E-state index in [0.717, 1.165) is 22.6 Å². The Morgan fingerprint density at radius 2 is 2.19 bits per heavy atom. The van der Waals surface area contributed by atoms with Crippen LogP contribution in [-0.4, -0.2) is 11.9 Å². The summed E-state index contributed by atoms with van der Waals surface area (Å²) in [7, 11) is 1.74. The van der Waals surface area contributed by atoms with Crippen molar-refractivity contribution >= 4 is 31.9 Å². The fourth-order valence-electron chi connectivity index (χ4n) is 1.93. The Balaban J connectivity index is 1.98. The Hall–Kier alpha value is -0.0200. The second-order valence-electron chi connectivity index (χ2n) is 4.35. The molecule has 3 heteroatoms. The van der Waals surface area contributed by atoms with E-state index in [-0.39, 0.29) is 0 Å². The highest BCUT2D eigenvalue weighted by Gasteiger charge is 2.28. The monoisotopic (exact) mass is 346 g/mol. The standard InChI is InChI=1S/C13H16Br2O/c1-16-13-7-5-11(14)8-10(13)4-6-12(15)9-2-3-9/h5,7-9,12H,2-4,6H2,1H3. The van der Waals surface area contributed by atoms with Gasteiger partial charge in [0, 0.05) is 9.30 Å². The van der Waals surface area contributed by atoms with Gasteiger partial charge in [0.25, 0.3) is 0 Å². The van der Waals surface area contributed by atoms with Crippen LogP contribution < -0.4 is 4.74 Å². The lowest BCUT2D eigenvalue weighted by atomic mass is 10.1. The molecule has 1 aliphatic carbocycles. The van der Waals surface area contributed by atoms with Crippen molar-refractivity contribution in [3.8, 4) is 5.75 Å². The van der Waals surface area contributed by atoms with Gasteiger partial charge < -0.3 is 4.74 Å². The molecule has 0 saturated heterocycles. The first-order valence-corrected chi connectivity index (χ1v) is 7.38. The van der Waals surface area contributed by atoms with Crippen LogP contribution in [0.25, 0.3) is 0 Å². The lowest BCUT2D eigenvalue weighted by Gasteiger charge is -2.11. The molecule has 1 aromatic carbocycles. The zero-order valence-electron chi connectivity index (χ0n) is 9.38. The largest absolute Gasteiger partial charge is 0.496 e. The maximum absolute atomic E-state index is 5.37. The molecule has 0 bridgehead atoms. The van der Waals surface area contributed by atoms with E-state index < -0.39 is 0 Å². The lowest BCUT2D eigenvalue weighted by Crippen LogP contribution is -2.03. The van der Waals surface area contributed by atoms with Crippen molar-refractivity contribution in [2.75, 3.05) is 7.11 Å². The summed E-state index contributed by atoms with van der Waals surface area (Å²) in [5.74, 6) is 1.91. The third-order valence-electron chi connectivity index (χ3n) is 3.07. The summed E-state index contributed by atoms with van der Waals surface area (Å²) in [6, 6.07) is 6.21. The van der Waals surface area contributed by atoms with Crippen molar-refractivity contribution in [1.29, 1.82) is 0 Å². The Bertz CT molecular complexity index is 361. The average Bonchev–Trinajstić information content (AvgIpc) is 3.10. The van der Waals surface area contributed by atoms with Crippen molar-refractivity contribution in [3.63, 3.8) is 0 Å². The summed E-state index contributed by atoms with van der Waals surface area (Å²) in [5, 5.41) is 0. The van der Waals surface area contributed by atoms with Crippen LogP contribution in [0, 0.1) is 5.92 Å². The van der Waals surface area contributed by atoms with Crippen LogP contribution in [0.2, 0.25) is 0 Å². The number of aryl methyl sites for hydroxylation is 1. The van der Waals surface area contributed by atoms with Gasteiger partial charge in [-0.2, -0.15) is 0 Å². The van der Waals surface area contributed by atoms with Crippen LogP contribution in [0.1, 0.15) is 24.8 Å². The number of rotatable bonds is 5. The van der Waals surface area contributed by atoms with E-state index in [1.165, 1.54) is 24.8 Å². The Morgan fingerprint density at radius 3 is 2.81 bits per heavy atom. The summed E-state index contributed by atoms with van der Waals surface area (Å²) in [6.07, 6.45) is 5.06. The fraction of sp³-hybridized carbons (Fsp3) is 0.538. The van der Waals surface area contributed by atoms with Crippen LogP contribution in [-0.2, 0) is 6.42 Å². The molecule has 1 aromatic rings. The number of ether oxygens (including phenoxy) is 1. The minimum atomic E-state index is 0.677. The van der Waals surface area contributed by atoms with Gasteiger partial charge in [0.05, 0.1) is 7.11 Å². The Morgan fingerprint density at radius 1 is 1.44 bits per heavy atom. The molecule has 0 radical (unpaired) electrons. The molecule has 0 aliphatic heterocycles. The van der Waals surface area contributed by atoms with E-state index in [2.05, 4.69) is 37.9 Å². The second-order valence-corrected chi connectivity index (χ2v) is 6.44. The van der Waals surface area contributed by atoms with Gasteiger partial charge in [0.15, 0.2) is 0 Å². The van der Waals surface area contributed by atoms with Crippen molar-refractivity contribution in [3.05, 3.63) is 28.2 Å². The smallest absolute Gasteiger partial charge is 0.122 e. The summed E-state index contributed by atoms with van der Waals surface area (Å²) in [6.45, 7) is 0. The lowest BCUT2D eigenvalue weighted by molar-refractivity contribution is 0.408. The molecule has 1 saturated carbocycles. The number of alkyl halides is 1. The molecular weight excluding hydrogens is 332 g/mol. The first-order chi connectivity index (χ1) is 7.70. The highest BCUT2D eigenvalue weighted by Crippen LogP contribution is 2.39. The topological polar surface area (TPSA) is 9.23 Å². The molecule has 0 amide bonds. The molecule has 0 N–H and O–H groups in total. The molecule has 1 nitrogen and oxygen atoms in total. The quantitative estimate of drug-likeness (QED) is 0.709. The third kappa shape index (κ3) is 3.24. The van der Waals surface area contributed by atoms with Gasteiger partial charge in [-0.1, -0.05) is 31.9 Å². The summed E-state index contributed by atoms with van der Waals surface area (Å²) in [5.41, 5.74) is 1.29. The number of halogens is 2. The second kappa shape index (κ2) is 5.54. The van der Waals surface area contributed by atoms with E-state index in [1.54, 1.807) is 7.11 Å². The molecule has 0 spiro atoms. The van der Waals surface area contributed by atoms with Crippen molar-refractivity contribution in [2.45, 2.75) is 30.5 Å². The SMILES string of the molecule is COc1ccc(Br)cc1CCC(Br)C1CC1. The molecule has 1 unspecified atom stereocenters. The summed E-state index contributed by atoms with van der Waals surface area (Å²) >= 11 is 7.28. The normalized spacial score (nSPS) is 17.2. The number of hydrogen-bond donors (Lipinski definition) is 0. The highest BCUT2D eigenvalue weighted by atomic mass is 79.9. The Kier molecular flexibility index (Phi) is 4.31. The van der Waals surface area contributed by atoms with Crippen LogP contribution >= 0.6 is 31.9 Å². The molecule has 1 fully saturated rings. The van der Waals surface area contributed by atoms with E-state index in [1.807, 2.05) is 12.1 Å². The molecule has 16 heavy (non-hydrogen) atoms. The average molecular weight is 348 g/mol. The minimum absolute atomic E-state index is 0.677. The van der Waals surface area contributed by atoms with Gasteiger partial charge in [-0.15, -0.1) is 0 Å². The molecule has 1 atom stereocenters. The van der Waals surface area contributed by atoms with Gasteiger partial charge in [-0.05, 0) is 55.4 Å². The molecular formula is C13H16Br2O. The molecule has 2 rings (SSSR count). The van der Waals surface area contributed by atoms with E-state index >= 15 is 0 Å². The van der Waals surface area contributed by atoms with Gasteiger partial charge in [0.1, 0.15) is 5.75 Å². The fourth-order valence-corrected chi connectivity index (χ4v) is 3.10. The molecule has 1 aliphatic rings. The molecule has 88 valence electrons. The first-order valence-electron chi connectivity index (χ1n) is 5.67. The predicted octanol–water partition coefficient (Wildman–Crippen LogP) is 4.56. The van der Waals surface area contributed by atoms with Crippen LogP contribution in [0.15, 0.2) is 22.7 Å². The van der Waals surface area contributed by atoms with Crippen LogP contribution in [0.5, 0.6) is 5.75 Å². The van der Waals surface area contributed by atoms with Gasteiger partial charge in [-0.25, -0.2) is 0 Å². The number of methoxy groups -OCH3 is 1. The van der Waals surface area contributed by atoms with E-state index in [0.29, 0.717) is 4.83 Å². The molecule has 0 aromatic heterocycles. The summed E-state index contributed by atoms with van der Waals surface area (Å²) < 4.78 is 6.50. The highest BCUT2D eigenvalue weighted by molar-refractivity contribution is 9.10. The third-order valence-corrected chi connectivity index (χ3v) is 4.76. The molecule has 0 heterocycles. The maximum atomic E-state index is 5.37. The number of benzene rings is 1. The van der Waals surface area contributed by atoms with Gasteiger partial charge >= 0.3 is 0 Å². The van der Waals surface area contributed by atoms with Crippen molar-refractivity contribution in [1.82, 2.24) is 0 Å². The minimum Gasteiger partial charge on any atom is -0.496 e. The van der Waals surface area contributed by atoms with Gasteiger partial charge in [0.2, 0.25) is 0 Å². The zero-order chi connectivity index (χ0) is 11.5. The maximum Gasteiger partial charge on any atom is 0.122 e. The van der Waals surface area contributed by atoms with Gasteiger partial charge in [-0.3, -0.25) is 0 Å². The first kappa shape index (κ1) is 12.4. The zero-order valence-corrected chi connectivity index (χ0v) is 12.6. The number of hydrogen-bond acceptors (Lipinski definition) is 1. The van der Waals surface area contributed by atoms with Crippen molar-refractivity contribution < 1.29 is 4.74 Å². The Labute approximate surface area is 114 Å². The van der Waals surface area contributed by atoms with E-state index in [9.17, 15) is 0 Å². The van der Waals surface area contributed by atoms with Crippen LogP contribution in [0.3, 0.4) is 0 Å². The van der Waals surface area contributed by atoms with E-state index in [4.69, 9.17) is 4.74 Å². The predicted molar refractivity (Wildman–Crippen MR) is 74.5 cm³/mol.